The van der Waals surface area contributed by atoms with Gasteiger partial charge in [-0.05, 0) is 29.8 Å². The molecule has 22 heavy (non-hydrogen) atoms. The number of nitrogens with zero attached hydrogens (tertiary/aromatic N) is 2. The Labute approximate surface area is 134 Å². The SMILES string of the molecule is O=C(O)c1cc(N=Cc2ccc(Cl)c([N+](=O)[O-])c2)ccc1Cl. The number of carboxylic acids is 1. The van der Waals surface area contributed by atoms with Crippen molar-refractivity contribution >= 4 is 46.8 Å². The summed E-state index contributed by atoms with van der Waals surface area (Å²) in [7, 11) is 0. The van der Waals surface area contributed by atoms with Gasteiger partial charge in [-0.2, -0.15) is 0 Å². The average molecular weight is 339 g/mol. The molecule has 1 N–H and O–H groups in total. The number of rotatable bonds is 4. The second-order valence-electron chi connectivity index (χ2n) is 4.20. The molecule has 0 fully saturated rings. The minimum Gasteiger partial charge on any atom is -0.478 e. The van der Waals surface area contributed by atoms with Crippen LogP contribution in [0.25, 0.3) is 0 Å². The Morgan fingerprint density at radius 3 is 2.50 bits per heavy atom. The van der Waals surface area contributed by atoms with E-state index in [1.807, 2.05) is 0 Å². The van der Waals surface area contributed by atoms with Crippen molar-refractivity contribution < 1.29 is 14.8 Å². The average Bonchev–Trinajstić information content (AvgIpc) is 2.47. The maximum Gasteiger partial charge on any atom is 0.337 e. The van der Waals surface area contributed by atoms with Gasteiger partial charge >= 0.3 is 5.97 Å². The lowest BCUT2D eigenvalue weighted by atomic mass is 10.2. The molecular formula is C14H8Cl2N2O4. The van der Waals surface area contributed by atoms with Crippen molar-refractivity contribution in [3.63, 3.8) is 0 Å². The molecule has 0 aromatic heterocycles. The topological polar surface area (TPSA) is 92.8 Å². The van der Waals surface area contributed by atoms with Gasteiger partial charge in [-0.25, -0.2) is 4.79 Å². The first-order valence-electron chi connectivity index (χ1n) is 5.89. The van der Waals surface area contributed by atoms with Gasteiger partial charge in [0, 0.05) is 12.3 Å². The lowest BCUT2D eigenvalue weighted by Crippen LogP contribution is -1.96. The Morgan fingerprint density at radius 1 is 1.18 bits per heavy atom. The lowest BCUT2D eigenvalue weighted by Gasteiger charge is -2.00. The fourth-order valence-electron chi connectivity index (χ4n) is 1.66. The number of carboxylic acid groups (broad SMARTS) is 1. The zero-order chi connectivity index (χ0) is 16.3. The standard InChI is InChI=1S/C14H8Cl2N2O4/c15-11-4-2-9(6-10(11)14(19)20)17-7-8-1-3-12(16)13(5-8)18(21)22/h1-7H,(H,19,20). The van der Waals surface area contributed by atoms with Crippen molar-refractivity contribution in [3.8, 4) is 0 Å². The third-order valence-electron chi connectivity index (χ3n) is 2.71. The molecule has 0 aliphatic heterocycles. The van der Waals surface area contributed by atoms with Crippen molar-refractivity contribution in [1.82, 2.24) is 0 Å². The molecule has 0 saturated heterocycles. The maximum absolute atomic E-state index is 11.0. The summed E-state index contributed by atoms with van der Waals surface area (Å²) in [6, 6.07) is 8.50. The van der Waals surface area contributed by atoms with Gasteiger partial charge in [0.2, 0.25) is 0 Å². The number of nitro groups is 1. The molecule has 0 aliphatic rings. The lowest BCUT2D eigenvalue weighted by molar-refractivity contribution is -0.384. The van der Waals surface area contributed by atoms with E-state index in [4.69, 9.17) is 28.3 Å². The number of benzene rings is 2. The van der Waals surface area contributed by atoms with E-state index in [0.717, 1.165) is 0 Å². The molecule has 0 saturated carbocycles. The van der Waals surface area contributed by atoms with Gasteiger partial charge in [0.15, 0.2) is 0 Å². The van der Waals surface area contributed by atoms with Crippen LogP contribution in [0.2, 0.25) is 10.0 Å². The molecule has 112 valence electrons. The van der Waals surface area contributed by atoms with E-state index in [2.05, 4.69) is 4.99 Å². The van der Waals surface area contributed by atoms with Crippen LogP contribution in [-0.2, 0) is 0 Å². The molecule has 0 spiro atoms. The van der Waals surface area contributed by atoms with Crippen LogP contribution in [0.1, 0.15) is 15.9 Å². The number of nitro benzene ring substituents is 1. The highest BCUT2D eigenvalue weighted by Gasteiger charge is 2.12. The molecule has 0 amide bonds. The predicted molar refractivity (Wildman–Crippen MR) is 83.8 cm³/mol. The summed E-state index contributed by atoms with van der Waals surface area (Å²) in [5.74, 6) is -1.16. The Bertz CT molecular complexity index is 725. The number of hydrogen-bond donors (Lipinski definition) is 1. The molecule has 6 nitrogen and oxygen atoms in total. The predicted octanol–water partition coefficient (Wildman–Crippen LogP) is 4.35. The summed E-state index contributed by atoms with van der Waals surface area (Å²) in [6.07, 6.45) is 1.37. The number of hydrogen-bond acceptors (Lipinski definition) is 4. The normalized spacial score (nSPS) is 10.8. The quantitative estimate of drug-likeness (QED) is 0.509. The molecular weight excluding hydrogens is 331 g/mol. The Balaban J connectivity index is 2.33. The highest BCUT2D eigenvalue weighted by atomic mass is 35.5. The van der Waals surface area contributed by atoms with Gasteiger partial charge in [-0.15, -0.1) is 0 Å². The third-order valence-corrected chi connectivity index (χ3v) is 3.36. The van der Waals surface area contributed by atoms with E-state index in [9.17, 15) is 14.9 Å². The summed E-state index contributed by atoms with van der Waals surface area (Å²) in [6.45, 7) is 0. The van der Waals surface area contributed by atoms with Crippen molar-refractivity contribution in [3.05, 3.63) is 67.7 Å². The van der Waals surface area contributed by atoms with E-state index in [1.165, 1.54) is 36.5 Å². The van der Waals surface area contributed by atoms with Crippen LogP contribution in [0.15, 0.2) is 41.4 Å². The number of carbonyl (C=O) groups is 1. The largest absolute Gasteiger partial charge is 0.478 e. The van der Waals surface area contributed by atoms with Crippen LogP contribution in [-0.4, -0.2) is 22.2 Å². The number of halogens is 2. The smallest absolute Gasteiger partial charge is 0.337 e. The number of aromatic carboxylic acids is 1. The van der Waals surface area contributed by atoms with Gasteiger partial charge in [0.25, 0.3) is 5.69 Å². The van der Waals surface area contributed by atoms with E-state index >= 15 is 0 Å². The van der Waals surface area contributed by atoms with Gasteiger partial charge < -0.3 is 5.11 Å². The minimum absolute atomic E-state index is 0.0295. The van der Waals surface area contributed by atoms with Gasteiger partial charge in [0.05, 0.1) is 21.2 Å². The van der Waals surface area contributed by atoms with Crippen molar-refractivity contribution in [1.29, 1.82) is 0 Å². The van der Waals surface area contributed by atoms with Crippen molar-refractivity contribution in [2.75, 3.05) is 0 Å². The van der Waals surface area contributed by atoms with Crippen LogP contribution in [0.4, 0.5) is 11.4 Å². The molecule has 0 heterocycles. The van der Waals surface area contributed by atoms with Gasteiger partial charge in [-0.3, -0.25) is 15.1 Å². The first kappa shape index (κ1) is 15.9. The van der Waals surface area contributed by atoms with Crippen LogP contribution < -0.4 is 0 Å². The first-order valence-corrected chi connectivity index (χ1v) is 6.65. The first-order chi connectivity index (χ1) is 10.4. The second kappa shape index (κ2) is 6.55. The van der Waals surface area contributed by atoms with Crippen LogP contribution in [0.5, 0.6) is 0 Å². The minimum atomic E-state index is -1.16. The van der Waals surface area contributed by atoms with E-state index < -0.39 is 10.9 Å². The van der Waals surface area contributed by atoms with Crippen LogP contribution in [0.3, 0.4) is 0 Å². The molecule has 0 unspecified atom stereocenters. The molecule has 2 rings (SSSR count). The third kappa shape index (κ3) is 3.60. The summed E-state index contributed by atoms with van der Waals surface area (Å²) in [4.78, 5) is 25.3. The Hall–Kier alpha value is -2.44. The highest BCUT2D eigenvalue weighted by molar-refractivity contribution is 6.33. The van der Waals surface area contributed by atoms with E-state index in [0.29, 0.717) is 11.3 Å². The monoisotopic (exact) mass is 338 g/mol. The van der Waals surface area contributed by atoms with Crippen molar-refractivity contribution in [2.45, 2.75) is 0 Å². The Kier molecular flexibility index (Phi) is 4.75. The second-order valence-corrected chi connectivity index (χ2v) is 5.01. The zero-order valence-electron chi connectivity index (χ0n) is 10.9. The van der Waals surface area contributed by atoms with Crippen molar-refractivity contribution in [2.24, 2.45) is 4.99 Å². The fraction of sp³-hybridized carbons (Fsp3) is 0. The summed E-state index contributed by atoms with van der Waals surface area (Å²) >= 11 is 11.5. The molecule has 0 bridgehead atoms. The molecule has 2 aromatic carbocycles. The summed E-state index contributed by atoms with van der Waals surface area (Å²) < 4.78 is 0. The van der Waals surface area contributed by atoms with E-state index in [-0.39, 0.29) is 21.3 Å². The number of aliphatic imine (C=N–C) groups is 1. The molecule has 0 radical (unpaired) electrons. The van der Waals surface area contributed by atoms with E-state index in [1.54, 1.807) is 6.07 Å². The zero-order valence-corrected chi connectivity index (χ0v) is 12.4. The fourth-order valence-corrected chi connectivity index (χ4v) is 2.04. The molecule has 0 atom stereocenters. The summed E-state index contributed by atoms with van der Waals surface area (Å²) in [5, 5.41) is 19.9. The maximum atomic E-state index is 11.0. The summed E-state index contributed by atoms with van der Waals surface area (Å²) in [5.41, 5.74) is 0.522. The Morgan fingerprint density at radius 2 is 1.86 bits per heavy atom. The molecule has 2 aromatic rings. The molecule has 8 heteroatoms. The van der Waals surface area contributed by atoms with Crippen LogP contribution >= 0.6 is 23.2 Å². The van der Waals surface area contributed by atoms with Gasteiger partial charge in [0.1, 0.15) is 5.02 Å². The van der Waals surface area contributed by atoms with Gasteiger partial charge in [-0.1, -0.05) is 29.3 Å². The highest BCUT2D eigenvalue weighted by Crippen LogP contribution is 2.25. The van der Waals surface area contributed by atoms with Crippen LogP contribution in [0, 0.1) is 10.1 Å². The molecule has 0 aliphatic carbocycles.